The van der Waals surface area contributed by atoms with Gasteiger partial charge in [-0.15, -0.1) is 0 Å². The fraction of sp³-hybridized carbons (Fsp3) is 0.312. The van der Waals surface area contributed by atoms with Crippen LogP contribution in [-0.2, 0) is 14.8 Å². The van der Waals surface area contributed by atoms with E-state index in [0.29, 0.717) is 17.0 Å². The molecule has 0 atom stereocenters. The summed E-state index contributed by atoms with van der Waals surface area (Å²) in [5.41, 5.74) is 1.22. The predicted molar refractivity (Wildman–Crippen MR) is 97.4 cm³/mol. The van der Waals surface area contributed by atoms with Crippen molar-refractivity contribution >= 4 is 37.8 Å². The Balaban J connectivity index is 2.14. The summed E-state index contributed by atoms with van der Waals surface area (Å²) in [4.78, 5) is 4.44. The molecule has 1 aromatic carbocycles. The average molecular weight is 382 g/mol. The summed E-state index contributed by atoms with van der Waals surface area (Å²) in [6.07, 6.45) is 0. The maximum absolute atomic E-state index is 12.9. The van der Waals surface area contributed by atoms with Gasteiger partial charge in [-0.1, -0.05) is 35.6 Å². The van der Waals surface area contributed by atoms with Crippen LogP contribution in [0, 0.1) is 6.92 Å². The van der Waals surface area contributed by atoms with Crippen LogP contribution in [0.15, 0.2) is 24.3 Å². The fourth-order valence-electron chi connectivity index (χ4n) is 2.50. The molecule has 0 radical (unpaired) electrons. The summed E-state index contributed by atoms with van der Waals surface area (Å²) in [5, 5.41) is 11.0. The zero-order chi connectivity index (χ0) is 18.2. The van der Waals surface area contributed by atoms with E-state index in [9.17, 15) is 13.5 Å². The van der Waals surface area contributed by atoms with Crippen LogP contribution in [0.25, 0.3) is 10.7 Å². The summed E-state index contributed by atoms with van der Waals surface area (Å²) in [6.45, 7) is 2.47. The van der Waals surface area contributed by atoms with Crippen LogP contribution < -0.4 is 9.04 Å². The van der Waals surface area contributed by atoms with Gasteiger partial charge in [0, 0.05) is 19.7 Å². The number of aliphatic hydroxyl groups excluding tert-OH is 1. The van der Waals surface area contributed by atoms with Gasteiger partial charge in [-0.2, -0.15) is 4.98 Å². The Bertz CT molecular complexity index is 934. The molecule has 0 aliphatic carbocycles. The highest BCUT2D eigenvalue weighted by Gasteiger charge is 2.39. The highest BCUT2D eigenvalue weighted by atomic mass is 32.2. The van der Waals surface area contributed by atoms with Crippen molar-refractivity contribution in [3.05, 3.63) is 40.3 Å². The number of anilines is 1. The third-order valence-corrected chi connectivity index (χ3v) is 6.63. The van der Waals surface area contributed by atoms with Crippen molar-refractivity contribution in [2.75, 3.05) is 31.7 Å². The minimum absolute atomic E-state index is 0.118. The van der Waals surface area contributed by atoms with E-state index in [2.05, 4.69) is 4.98 Å². The van der Waals surface area contributed by atoms with E-state index < -0.39 is 10.0 Å². The van der Waals surface area contributed by atoms with Crippen molar-refractivity contribution in [2.45, 2.75) is 6.92 Å². The smallest absolute Gasteiger partial charge is 0.276 e. The van der Waals surface area contributed by atoms with Crippen LogP contribution in [0.5, 0.6) is 5.19 Å². The van der Waals surface area contributed by atoms with Crippen molar-refractivity contribution in [3.8, 4) is 5.19 Å². The van der Waals surface area contributed by atoms with Gasteiger partial charge in [-0.05, 0) is 12.5 Å². The molecule has 0 bridgehead atoms. The highest BCUT2D eigenvalue weighted by Crippen LogP contribution is 2.46. The van der Waals surface area contributed by atoms with Gasteiger partial charge in [0.2, 0.25) is 0 Å². The first-order valence-electron chi connectivity index (χ1n) is 7.49. The number of aromatic nitrogens is 1. The number of ether oxygens (including phenoxy) is 2. The van der Waals surface area contributed by atoms with Gasteiger partial charge in [-0.3, -0.25) is 4.31 Å². The number of nitrogens with zero attached hydrogens (tertiary/aromatic N) is 2. The van der Waals surface area contributed by atoms with Gasteiger partial charge >= 0.3 is 0 Å². The van der Waals surface area contributed by atoms with Crippen LogP contribution in [0.2, 0.25) is 0 Å². The van der Waals surface area contributed by atoms with Crippen LogP contribution in [-0.4, -0.2) is 45.9 Å². The summed E-state index contributed by atoms with van der Waals surface area (Å²) in [6, 6.07) is 7.02. The van der Waals surface area contributed by atoms with E-state index >= 15 is 0 Å². The van der Waals surface area contributed by atoms with Gasteiger partial charge < -0.3 is 14.6 Å². The average Bonchev–Trinajstić information content (AvgIpc) is 2.99. The summed E-state index contributed by atoms with van der Waals surface area (Å²) in [5.74, 6) is -0.145. The quantitative estimate of drug-likeness (QED) is 0.800. The zero-order valence-electron chi connectivity index (χ0n) is 14.0. The maximum Gasteiger partial charge on any atom is 0.276 e. The van der Waals surface area contributed by atoms with Crippen molar-refractivity contribution in [1.29, 1.82) is 0 Å². The van der Waals surface area contributed by atoms with Crippen molar-refractivity contribution in [2.24, 2.45) is 0 Å². The molecule has 0 fully saturated rings. The lowest BCUT2D eigenvalue weighted by molar-refractivity contribution is 0.146. The molecule has 134 valence electrons. The van der Waals surface area contributed by atoms with Crippen LogP contribution in [0.1, 0.15) is 16.0 Å². The third-order valence-electron chi connectivity index (χ3n) is 3.84. The van der Waals surface area contributed by atoms with E-state index in [0.717, 1.165) is 21.2 Å². The molecular weight excluding hydrogens is 364 g/mol. The predicted octanol–water partition coefficient (Wildman–Crippen LogP) is 2.64. The van der Waals surface area contributed by atoms with Gasteiger partial charge in [0.15, 0.2) is 11.6 Å². The number of hydrogen-bond acceptors (Lipinski definition) is 7. The number of thiazole rings is 1. The third kappa shape index (κ3) is 2.99. The molecule has 9 heteroatoms. The molecule has 2 aromatic rings. The zero-order valence-corrected chi connectivity index (χ0v) is 15.6. The Morgan fingerprint density at radius 3 is 2.68 bits per heavy atom. The standard InChI is InChI=1S/C16H18N2O5S2/c1-10-6-4-5-7-11(10)14-12(19)13-15(18(2)25(14,20)21)17-16(24-13)23-9-8-22-3/h4-7,19H,8-9H2,1-3H3. The highest BCUT2D eigenvalue weighted by molar-refractivity contribution is 8.02. The molecule has 1 aromatic heterocycles. The molecular formula is C16H18N2O5S2. The Kier molecular flexibility index (Phi) is 4.72. The van der Waals surface area contributed by atoms with E-state index in [1.165, 1.54) is 7.05 Å². The van der Waals surface area contributed by atoms with Crippen LogP contribution in [0.4, 0.5) is 5.82 Å². The lowest BCUT2D eigenvalue weighted by Gasteiger charge is -2.26. The first kappa shape index (κ1) is 17.7. The van der Waals surface area contributed by atoms with Crippen LogP contribution in [0.3, 0.4) is 0 Å². The summed E-state index contributed by atoms with van der Waals surface area (Å²) in [7, 11) is -0.956. The first-order chi connectivity index (χ1) is 11.9. The molecule has 0 saturated heterocycles. The van der Waals surface area contributed by atoms with E-state index in [1.807, 2.05) is 6.07 Å². The molecule has 2 heterocycles. The molecule has 1 N–H and O–H groups in total. The van der Waals surface area contributed by atoms with Crippen molar-refractivity contribution in [3.63, 3.8) is 0 Å². The Labute approximate surface area is 150 Å². The number of rotatable bonds is 5. The second-order valence-corrected chi connectivity index (χ2v) is 8.31. The molecule has 0 spiro atoms. The Morgan fingerprint density at radius 2 is 2.00 bits per heavy atom. The number of sulfonamides is 1. The monoisotopic (exact) mass is 382 g/mol. The summed E-state index contributed by atoms with van der Waals surface area (Å²) < 4.78 is 37.3. The van der Waals surface area contributed by atoms with Gasteiger partial charge in [0.05, 0.1) is 6.61 Å². The first-order valence-corrected chi connectivity index (χ1v) is 9.74. The number of benzene rings is 1. The number of aryl methyl sites for hydroxylation is 1. The van der Waals surface area contributed by atoms with Gasteiger partial charge in [-0.25, -0.2) is 8.42 Å². The number of aliphatic hydroxyl groups is 1. The number of fused-ring (bicyclic) bond motifs is 1. The summed E-state index contributed by atoms with van der Waals surface area (Å²) >= 11 is 1.10. The number of hydrogen-bond donors (Lipinski definition) is 1. The molecule has 7 nitrogen and oxygen atoms in total. The van der Waals surface area contributed by atoms with Crippen LogP contribution >= 0.6 is 11.3 Å². The number of methoxy groups -OCH3 is 1. The molecule has 0 saturated carbocycles. The Morgan fingerprint density at radius 1 is 1.28 bits per heavy atom. The second kappa shape index (κ2) is 6.66. The van der Waals surface area contributed by atoms with Gasteiger partial charge in [0.25, 0.3) is 15.2 Å². The Hall–Kier alpha value is -2.10. The fourth-order valence-corrected chi connectivity index (χ4v) is 5.04. The molecule has 3 rings (SSSR count). The topological polar surface area (TPSA) is 89.0 Å². The van der Waals surface area contributed by atoms with E-state index in [1.54, 1.807) is 32.2 Å². The van der Waals surface area contributed by atoms with Crippen molar-refractivity contribution < 1.29 is 23.0 Å². The lowest BCUT2D eigenvalue weighted by Crippen LogP contribution is -2.31. The SMILES string of the molecule is COCCOc1nc2c(s1)C(O)=C(c1ccccc1C)S(=O)(=O)N2C. The minimum atomic E-state index is -3.93. The molecule has 0 amide bonds. The van der Waals surface area contributed by atoms with E-state index in [-0.39, 0.29) is 28.3 Å². The molecule has 1 aliphatic rings. The molecule has 0 unspecified atom stereocenters. The van der Waals surface area contributed by atoms with Crippen molar-refractivity contribution in [1.82, 2.24) is 4.98 Å². The maximum atomic E-state index is 12.9. The second-order valence-electron chi connectivity index (χ2n) is 5.44. The largest absolute Gasteiger partial charge is 0.505 e. The minimum Gasteiger partial charge on any atom is -0.505 e. The lowest BCUT2D eigenvalue weighted by atomic mass is 10.1. The van der Waals surface area contributed by atoms with E-state index in [4.69, 9.17) is 9.47 Å². The normalized spacial score (nSPS) is 16.0. The molecule has 1 aliphatic heterocycles. The molecule has 25 heavy (non-hydrogen) atoms. The van der Waals surface area contributed by atoms with Gasteiger partial charge in [0.1, 0.15) is 16.4 Å².